The van der Waals surface area contributed by atoms with Crippen molar-refractivity contribution >= 4 is 0 Å². The maximum Gasteiger partial charge on any atom is 0.0118 e. The Hall–Kier alpha value is -0.0400. The van der Waals surface area contributed by atoms with Gasteiger partial charge in [0.05, 0.1) is 0 Å². The van der Waals surface area contributed by atoms with Gasteiger partial charge in [0.25, 0.3) is 0 Å². The lowest BCUT2D eigenvalue weighted by Gasteiger charge is -2.22. The van der Waals surface area contributed by atoms with E-state index < -0.39 is 0 Å². The smallest absolute Gasteiger partial charge is 0.0118 e. The molecule has 0 radical (unpaired) electrons. The first kappa shape index (κ1) is 14.0. The van der Waals surface area contributed by atoms with Crippen molar-refractivity contribution in [2.45, 2.75) is 84.1 Å². The number of hydrogen-bond donors (Lipinski definition) is 1. The van der Waals surface area contributed by atoms with Crippen LogP contribution in [0, 0.1) is 5.41 Å². The van der Waals surface area contributed by atoms with Gasteiger partial charge in [-0.3, -0.25) is 0 Å². The fourth-order valence-electron chi connectivity index (χ4n) is 2.69. The fourth-order valence-corrected chi connectivity index (χ4v) is 2.69. The maximum atomic E-state index is 3.52. The van der Waals surface area contributed by atoms with Gasteiger partial charge in [0.1, 0.15) is 0 Å². The van der Waals surface area contributed by atoms with Gasteiger partial charge in [-0.2, -0.15) is 0 Å². The molecular formula is C15H31N. The van der Waals surface area contributed by atoms with E-state index in [1.807, 2.05) is 0 Å². The zero-order valence-corrected chi connectivity index (χ0v) is 11.6. The monoisotopic (exact) mass is 225 g/mol. The first-order valence-electron chi connectivity index (χ1n) is 7.40. The molecule has 1 unspecified atom stereocenters. The predicted octanol–water partition coefficient (Wildman–Crippen LogP) is 4.52. The second-order valence-electron chi connectivity index (χ2n) is 5.91. The zero-order valence-electron chi connectivity index (χ0n) is 11.6. The largest absolute Gasteiger partial charge is 0.316 e. The SMILES string of the molecule is CCCCCCCCCC(NC)C1(C)CC1. The van der Waals surface area contributed by atoms with Gasteiger partial charge in [0.2, 0.25) is 0 Å². The van der Waals surface area contributed by atoms with Crippen LogP contribution < -0.4 is 5.32 Å². The molecule has 0 heterocycles. The molecule has 0 aromatic rings. The van der Waals surface area contributed by atoms with Crippen LogP contribution in [0.1, 0.15) is 78.1 Å². The standard InChI is InChI=1S/C15H31N/c1-4-5-6-7-8-9-10-11-14(16-3)15(2)12-13-15/h14,16H,4-13H2,1-3H3. The van der Waals surface area contributed by atoms with Crippen LogP contribution in [-0.4, -0.2) is 13.1 Å². The second kappa shape index (κ2) is 7.32. The van der Waals surface area contributed by atoms with Crippen molar-refractivity contribution in [1.29, 1.82) is 0 Å². The summed E-state index contributed by atoms with van der Waals surface area (Å²) in [6.45, 7) is 4.73. The van der Waals surface area contributed by atoms with E-state index in [0.29, 0.717) is 5.41 Å². The van der Waals surface area contributed by atoms with Crippen LogP contribution in [0.3, 0.4) is 0 Å². The Balaban J connectivity index is 1.93. The quantitative estimate of drug-likeness (QED) is 0.539. The Morgan fingerprint density at radius 2 is 1.56 bits per heavy atom. The lowest BCUT2D eigenvalue weighted by Crippen LogP contribution is -2.33. The van der Waals surface area contributed by atoms with E-state index in [-0.39, 0.29) is 0 Å². The molecule has 1 nitrogen and oxygen atoms in total. The van der Waals surface area contributed by atoms with Crippen LogP contribution in [0.15, 0.2) is 0 Å². The van der Waals surface area contributed by atoms with Gasteiger partial charge in [-0.05, 0) is 31.7 Å². The lowest BCUT2D eigenvalue weighted by atomic mass is 9.93. The van der Waals surface area contributed by atoms with E-state index in [2.05, 4.69) is 26.2 Å². The van der Waals surface area contributed by atoms with Crippen LogP contribution in [0.25, 0.3) is 0 Å². The number of rotatable bonds is 10. The average Bonchev–Trinajstić information content (AvgIpc) is 3.01. The molecule has 0 spiro atoms. The van der Waals surface area contributed by atoms with Crippen molar-refractivity contribution in [1.82, 2.24) is 5.32 Å². The van der Waals surface area contributed by atoms with Gasteiger partial charge in [-0.15, -0.1) is 0 Å². The maximum absolute atomic E-state index is 3.52. The summed E-state index contributed by atoms with van der Waals surface area (Å²) in [5, 5.41) is 3.52. The normalized spacial score (nSPS) is 19.7. The minimum absolute atomic E-state index is 0.650. The average molecular weight is 225 g/mol. The Bertz CT molecular complexity index is 172. The van der Waals surface area contributed by atoms with E-state index >= 15 is 0 Å². The molecule has 0 amide bonds. The van der Waals surface area contributed by atoms with Gasteiger partial charge >= 0.3 is 0 Å². The highest BCUT2D eigenvalue weighted by Crippen LogP contribution is 2.49. The molecule has 0 saturated heterocycles. The Morgan fingerprint density at radius 3 is 2.06 bits per heavy atom. The molecular weight excluding hydrogens is 194 g/mol. The van der Waals surface area contributed by atoms with Crippen LogP contribution in [0.5, 0.6) is 0 Å². The van der Waals surface area contributed by atoms with Crippen LogP contribution >= 0.6 is 0 Å². The summed E-state index contributed by atoms with van der Waals surface area (Å²) in [6, 6.07) is 0.781. The molecule has 1 heteroatoms. The summed E-state index contributed by atoms with van der Waals surface area (Å²) in [5.74, 6) is 0. The third kappa shape index (κ3) is 4.86. The Labute approximate surface area is 102 Å². The Morgan fingerprint density at radius 1 is 1.00 bits per heavy atom. The first-order valence-corrected chi connectivity index (χ1v) is 7.40. The van der Waals surface area contributed by atoms with E-state index in [9.17, 15) is 0 Å². The van der Waals surface area contributed by atoms with Gasteiger partial charge < -0.3 is 5.32 Å². The molecule has 1 aliphatic carbocycles. The molecule has 1 aliphatic rings. The summed E-state index contributed by atoms with van der Waals surface area (Å²) in [4.78, 5) is 0. The Kier molecular flexibility index (Phi) is 6.41. The van der Waals surface area contributed by atoms with Crippen molar-refractivity contribution in [3.8, 4) is 0 Å². The second-order valence-corrected chi connectivity index (χ2v) is 5.91. The summed E-state index contributed by atoms with van der Waals surface area (Å²) < 4.78 is 0. The molecule has 0 aromatic heterocycles. The summed E-state index contributed by atoms with van der Waals surface area (Å²) in [7, 11) is 2.13. The van der Waals surface area contributed by atoms with E-state index in [0.717, 1.165) is 6.04 Å². The highest BCUT2D eigenvalue weighted by Gasteiger charge is 2.43. The minimum atomic E-state index is 0.650. The first-order chi connectivity index (χ1) is 7.73. The van der Waals surface area contributed by atoms with Crippen molar-refractivity contribution < 1.29 is 0 Å². The minimum Gasteiger partial charge on any atom is -0.316 e. The highest BCUT2D eigenvalue weighted by atomic mass is 14.9. The summed E-state index contributed by atoms with van der Waals surface area (Å²) >= 11 is 0. The molecule has 1 atom stereocenters. The van der Waals surface area contributed by atoms with E-state index in [1.54, 1.807) is 0 Å². The molecule has 0 bridgehead atoms. The van der Waals surface area contributed by atoms with Crippen molar-refractivity contribution in [2.24, 2.45) is 5.41 Å². The topological polar surface area (TPSA) is 12.0 Å². The predicted molar refractivity (Wildman–Crippen MR) is 72.8 cm³/mol. The van der Waals surface area contributed by atoms with Gasteiger partial charge in [-0.1, -0.05) is 58.8 Å². The molecule has 1 rings (SSSR count). The number of unbranched alkanes of at least 4 members (excludes halogenated alkanes) is 6. The van der Waals surface area contributed by atoms with Crippen LogP contribution in [0.4, 0.5) is 0 Å². The van der Waals surface area contributed by atoms with Gasteiger partial charge in [0, 0.05) is 6.04 Å². The molecule has 1 saturated carbocycles. The molecule has 1 N–H and O–H groups in total. The van der Waals surface area contributed by atoms with Crippen molar-refractivity contribution in [3.63, 3.8) is 0 Å². The number of nitrogens with one attached hydrogen (secondary N) is 1. The third-order valence-corrected chi connectivity index (χ3v) is 4.32. The molecule has 0 aromatic carbocycles. The molecule has 96 valence electrons. The molecule has 1 fully saturated rings. The van der Waals surface area contributed by atoms with Gasteiger partial charge in [-0.25, -0.2) is 0 Å². The van der Waals surface area contributed by atoms with Gasteiger partial charge in [0.15, 0.2) is 0 Å². The molecule has 16 heavy (non-hydrogen) atoms. The lowest BCUT2D eigenvalue weighted by molar-refractivity contribution is 0.345. The van der Waals surface area contributed by atoms with Crippen LogP contribution in [-0.2, 0) is 0 Å². The van der Waals surface area contributed by atoms with Crippen molar-refractivity contribution in [2.75, 3.05) is 7.05 Å². The van der Waals surface area contributed by atoms with E-state index in [4.69, 9.17) is 0 Å². The highest BCUT2D eigenvalue weighted by molar-refractivity contribution is 4.97. The molecule has 0 aliphatic heterocycles. The van der Waals surface area contributed by atoms with E-state index in [1.165, 1.54) is 64.2 Å². The van der Waals surface area contributed by atoms with Crippen LogP contribution in [0.2, 0.25) is 0 Å². The van der Waals surface area contributed by atoms with Crippen molar-refractivity contribution in [3.05, 3.63) is 0 Å². The zero-order chi connectivity index (χ0) is 11.9. The summed E-state index contributed by atoms with van der Waals surface area (Å²) in [5.41, 5.74) is 0.650. The fraction of sp³-hybridized carbons (Fsp3) is 1.00. The summed E-state index contributed by atoms with van der Waals surface area (Å²) in [6.07, 6.45) is 14.3. The third-order valence-electron chi connectivity index (χ3n) is 4.32. The number of hydrogen-bond acceptors (Lipinski definition) is 1.